The maximum absolute atomic E-state index is 12.1. The van der Waals surface area contributed by atoms with Crippen molar-refractivity contribution in [3.05, 3.63) is 58.8 Å². The Labute approximate surface area is 131 Å². The van der Waals surface area contributed by atoms with Crippen LogP contribution in [0.2, 0.25) is 10.3 Å². The van der Waals surface area contributed by atoms with Gasteiger partial charge in [0.1, 0.15) is 6.54 Å². The van der Waals surface area contributed by atoms with Crippen LogP contribution in [0.3, 0.4) is 0 Å². The van der Waals surface area contributed by atoms with Gasteiger partial charge >= 0.3 is 0 Å². The van der Waals surface area contributed by atoms with Crippen LogP contribution < -0.4 is 5.32 Å². The molecule has 0 aliphatic heterocycles. The van der Waals surface area contributed by atoms with Crippen molar-refractivity contribution in [2.45, 2.75) is 6.54 Å². The number of amides is 1. The molecule has 21 heavy (non-hydrogen) atoms. The number of imidazole rings is 1. The number of nitrogens with one attached hydrogen (secondary N) is 1. The summed E-state index contributed by atoms with van der Waals surface area (Å²) < 4.78 is 1.67. The van der Waals surface area contributed by atoms with Gasteiger partial charge in [0.25, 0.3) is 0 Å². The third kappa shape index (κ3) is 3.01. The molecule has 0 atom stereocenters. The lowest BCUT2D eigenvalue weighted by Gasteiger charge is -2.07. The van der Waals surface area contributed by atoms with Gasteiger partial charge in [-0.15, -0.1) is 0 Å². The molecule has 4 nitrogen and oxygen atoms in total. The average Bonchev–Trinajstić information content (AvgIpc) is 2.78. The van der Waals surface area contributed by atoms with E-state index in [0.717, 1.165) is 11.0 Å². The number of halogens is 2. The van der Waals surface area contributed by atoms with Crippen LogP contribution in [0.25, 0.3) is 11.0 Å². The fraction of sp³-hybridized carbons (Fsp3) is 0.0667. The van der Waals surface area contributed by atoms with Gasteiger partial charge in [-0.2, -0.15) is 0 Å². The summed E-state index contributed by atoms with van der Waals surface area (Å²) in [5.41, 5.74) is 2.28. The fourth-order valence-corrected chi connectivity index (χ4v) is 2.44. The molecule has 0 bridgehead atoms. The lowest BCUT2D eigenvalue weighted by molar-refractivity contribution is -0.116. The van der Waals surface area contributed by atoms with Gasteiger partial charge in [0.05, 0.1) is 11.0 Å². The predicted octanol–water partition coefficient (Wildman–Crippen LogP) is 3.98. The molecule has 0 unspecified atom stereocenters. The van der Waals surface area contributed by atoms with Crippen LogP contribution in [0.1, 0.15) is 0 Å². The standard InChI is InChI=1S/C15H11Cl2N3O/c16-10-5-7-11(8-6-10)18-14(21)9-20-13-4-2-1-3-12(13)19-15(20)17/h1-8H,9H2,(H,18,21). The molecule has 106 valence electrons. The summed E-state index contributed by atoms with van der Waals surface area (Å²) in [7, 11) is 0. The number of nitrogens with zero attached hydrogens (tertiary/aromatic N) is 2. The molecular formula is C15H11Cl2N3O. The molecule has 1 heterocycles. The SMILES string of the molecule is O=C(Cn1c(Cl)nc2ccccc21)Nc1ccc(Cl)cc1. The minimum atomic E-state index is -0.178. The Hall–Kier alpha value is -2.04. The van der Waals surface area contributed by atoms with Gasteiger partial charge in [0.15, 0.2) is 0 Å². The molecule has 6 heteroatoms. The van der Waals surface area contributed by atoms with Crippen LogP contribution in [0.4, 0.5) is 5.69 Å². The summed E-state index contributed by atoms with van der Waals surface area (Å²) in [4.78, 5) is 16.3. The van der Waals surface area contributed by atoms with E-state index >= 15 is 0 Å². The van der Waals surface area contributed by atoms with E-state index in [2.05, 4.69) is 10.3 Å². The van der Waals surface area contributed by atoms with Gasteiger partial charge in [0.2, 0.25) is 11.2 Å². The number of para-hydroxylation sites is 2. The maximum Gasteiger partial charge on any atom is 0.244 e. The average molecular weight is 320 g/mol. The number of hydrogen-bond acceptors (Lipinski definition) is 2. The topological polar surface area (TPSA) is 46.9 Å². The Kier molecular flexibility index (Phi) is 3.82. The van der Waals surface area contributed by atoms with Crippen LogP contribution in [0.5, 0.6) is 0 Å². The van der Waals surface area contributed by atoms with E-state index in [1.165, 1.54) is 0 Å². The quantitative estimate of drug-likeness (QED) is 0.793. The highest BCUT2D eigenvalue weighted by atomic mass is 35.5. The van der Waals surface area contributed by atoms with Crippen molar-refractivity contribution in [3.8, 4) is 0 Å². The summed E-state index contributed by atoms with van der Waals surface area (Å²) in [5, 5.41) is 3.71. The summed E-state index contributed by atoms with van der Waals surface area (Å²) in [6, 6.07) is 14.4. The van der Waals surface area contributed by atoms with E-state index in [9.17, 15) is 4.79 Å². The molecule has 0 spiro atoms. The molecule has 0 aliphatic rings. The van der Waals surface area contributed by atoms with E-state index < -0.39 is 0 Å². The van der Waals surface area contributed by atoms with E-state index in [-0.39, 0.29) is 12.5 Å². The summed E-state index contributed by atoms with van der Waals surface area (Å²) in [6.07, 6.45) is 0. The number of anilines is 1. The van der Waals surface area contributed by atoms with Gasteiger partial charge in [0, 0.05) is 10.7 Å². The molecular weight excluding hydrogens is 309 g/mol. The number of benzene rings is 2. The Morgan fingerprint density at radius 3 is 2.57 bits per heavy atom. The maximum atomic E-state index is 12.1. The monoisotopic (exact) mass is 319 g/mol. The van der Waals surface area contributed by atoms with Crippen molar-refractivity contribution in [1.82, 2.24) is 9.55 Å². The molecule has 1 aromatic heterocycles. The molecule has 0 radical (unpaired) electrons. The molecule has 2 aromatic carbocycles. The normalized spacial score (nSPS) is 10.8. The van der Waals surface area contributed by atoms with Crippen LogP contribution in [0, 0.1) is 0 Å². The molecule has 1 N–H and O–H groups in total. The van der Waals surface area contributed by atoms with Crippen molar-refractivity contribution in [1.29, 1.82) is 0 Å². The van der Waals surface area contributed by atoms with Crippen LogP contribution >= 0.6 is 23.2 Å². The number of carbonyl (C=O) groups excluding carboxylic acids is 1. The lowest BCUT2D eigenvalue weighted by atomic mass is 10.3. The van der Waals surface area contributed by atoms with Gasteiger partial charge in [-0.05, 0) is 48.0 Å². The lowest BCUT2D eigenvalue weighted by Crippen LogP contribution is -2.18. The highest BCUT2D eigenvalue weighted by Gasteiger charge is 2.12. The second-order valence-electron chi connectivity index (χ2n) is 4.51. The van der Waals surface area contributed by atoms with Crippen molar-refractivity contribution < 1.29 is 4.79 Å². The smallest absolute Gasteiger partial charge is 0.244 e. The number of rotatable bonds is 3. The van der Waals surface area contributed by atoms with Crippen molar-refractivity contribution in [2.24, 2.45) is 0 Å². The molecule has 3 rings (SSSR count). The van der Waals surface area contributed by atoms with E-state index in [1.54, 1.807) is 28.8 Å². The number of aromatic nitrogens is 2. The number of hydrogen-bond donors (Lipinski definition) is 1. The highest BCUT2D eigenvalue weighted by molar-refractivity contribution is 6.30. The Morgan fingerprint density at radius 2 is 1.81 bits per heavy atom. The van der Waals surface area contributed by atoms with Crippen LogP contribution in [-0.2, 0) is 11.3 Å². The Bertz CT molecular complexity index is 796. The second-order valence-corrected chi connectivity index (χ2v) is 5.29. The number of fused-ring (bicyclic) bond motifs is 1. The zero-order valence-corrected chi connectivity index (χ0v) is 12.4. The first-order chi connectivity index (χ1) is 10.1. The van der Waals surface area contributed by atoms with Gasteiger partial charge in [-0.1, -0.05) is 23.7 Å². The largest absolute Gasteiger partial charge is 0.325 e. The molecule has 0 saturated carbocycles. The molecule has 1 amide bonds. The minimum absolute atomic E-state index is 0.0992. The summed E-state index contributed by atoms with van der Waals surface area (Å²) in [6.45, 7) is 0.0992. The highest BCUT2D eigenvalue weighted by Crippen LogP contribution is 2.20. The molecule has 3 aromatic rings. The first kappa shape index (κ1) is 13.9. The molecule has 0 aliphatic carbocycles. The van der Waals surface area contributed by atoms with Gasteiger partial charge < -0.3 is 9.88 Å². The zero-order chi connectivity index (χ0) is 14.8. The third-order valence-corrected chi connectivity index (χ3v) is 3.58. The van der Waals surface area contributed by atoms with Crippen molar-refractivity contribution in [2.75, 3.05) is 5.32 Å². The van der Waals surface area contributed by atoms with Gasteiger partial charge in [-0.25, -0.2) is 4.98 Å². The first-order valence-electron chi connectivity index (χ1n) is 6.30. The third-order valence-electron chi connectivity index (χ3n) is 3.04. The van der Waals surface area contributed by atoms with Crippen molar-refractivity contribution in [3.63, 3.8) is 0 Å². The Balaban J connectivity index is 1.80. The van der Waals surface area contributed by atoms with Crippen LogP contribution in [0.15, 0.2) is 48.5 Å². The second kappa shape index (κ2) is 5.76. The zero-order valence-electron chi connectivity index (χ0n) is 10.9. The molecule has 0 saturated heterocycles. The van der Waals surface area contributed by atoms with E-state index in [4.69, 9.17) is 23.2 Å². The van der Waals surface area contributed by atoms with Crippen molar-refractivity contribution >= 4 is 45.8 Å². The summed E-state index contributed by atoms with van der Waals surface area (Å²) >= 11 is 11.9. The molecule has 0 fully saturated rings. The first-order valence-corrected chi connectivity index (χ1v) is 7.05. The fourth-order valence-electron chi connectivity index (χ4n) is 2.07. The summed E-state index contributed by atoms with van der Waals surface area (Å²) in [5.74, 6) is -0.178. The minimum Gasteiger partial charge on any atom is -0.325 e. The number of carbonyl (C=O) groups is 1. The Morgan fingerprint density at radius 1 is 1.10 bits per heavy atom. The van der Waals surface area contributed by atoms with E-state index in [1.807, 2.05) is 24.3 Å². The van der Waals surface area contributed by atoms with Crippen LogP contribution in [-0.4, -0.2) is 15.5 Å². The van der Waals surface area contributed by atoms with E-state index in [0.29, 0.717) is 16.0 Å². The van der Waals surface area contributed by atoms with Gasteiger partial charge in [-0.3, -0.25) is 4.79 Å². The predicted molar refractivity (Wildman–Crippen MR) is 84.8 cm³/mol.